The maximum atomic E-state index is 11.4. The molecule has 0 radical (unpaired) electrons. The molecular weight excluding hydrogens is 222 g/mol. The van der Waals surface area contributed by atoms with Crippen LogP contribution in [0.5, 0.6) is 0 Å². The van der Waals surface area contributed by atoms with Crippen LogP contribution in [0.2, 0.25) is 0 Å². The normalized spacial score (nSPS) is 20.3. The quantitative estimate of drug-likeness (QED) is 0.714. The first-order chi connectivity index (χ1) is 8.28. The summed E-state index contributed by atoms with van der Waals surface area (Å²) in [5, 5.41) is 19.5. The number of aromatic amines is 1. The van der Waals surface area contributed by atoms with Crippen molar-refractivity contribution in [1.29, 1.82) is 0 Å². The van der Waals surface area contributed by atoms with Crippen molar-refractivity contribution >= 4 is 11.5 Å². The number of anilines is 1. The van der Waals surface area contributed by atoms with E-state index in [0.717, 1.165) is 25.3 Å². The number of nitrogens with one attached hydrogen (secondary N) is 1. The molecule has 3 rings (SSSR count). The van der Waals surface area contributed by atoms with Gasteiger partial charge in [-0.3, -0.25) is 0 Å². The van der Waals surface area contributed by atoms with Crippen LogP contribution in [0, 0.1) is 5.92 Å². The largest absolute Gasteiger partial charge is 0.396 e. The second kappa shape index (κ2) is 3.85. The second-order valence-corrected chi connectivity index (χ2v) is 4.27. The van der Waals surface area contributed by atoms with Crippen molar-refractivity contribution in [1.82, 2.24) is 19.8 Å². The Kier molecular flexibility index (Phi) is 2.32. The molecule has 0 aromatic carbocycles. The molecule has 17 heavy (non-hydrogen) atoms. The first-order valence-corrected chi connectivity index (χ1v) is 5.58. The molecule has 1 fully saturated rings. The van der Waals surface area contributed by atoms with Crippen LogP contribution in [0.15, 0.2) is 16.9 Å². The molecule has 0 aliphatic carbocycles. The van der Waals surface area contributed by atoms with E-state index in [1.165, 1.54) is 4.52 Å². The molecule has 1 aliphatic heterocycles. The second-order valence-electron chi connectivity index (χ2n) is 4.27. The monoisotopic (exact) mass is 235 g/mol. The summed E-state index contributed by atoms with van der Waals surface area (Å²) in [4.78, 5) is 13.5. The van der Waals surface area contributed by atoms with Crippen molar-refractivity contribution in [3.8, 4) is 0 Å². The van der Waals surface area contributed by atoms with Crippen molar-refractivity contribution < 1.29 is 5.11 Å². The number of aromatic nitrogens is 4. The summed E-state index contributed by atoms with van der Waals surface area (Å²) in [6.07, 6.45) is 0.955. The number of aliphatic hydroxyl groups excluding tert-OH is 1. The highest BCUT2D eigenvalue weighted by atomic mass is 16.3. The number of hydrogen-bond acceptors (Lipinski definition) is 5. The summed E-state index contributed by atoms with van der Waals surface area (Å²) in [7, 11) is 0. The van der Waals surface area contributed by atoms with Gasteiger partial charge in [0.05, 0.1) is 0 Å². The Hall–Kier alpha value is -1.89. The SMILES string of the molecule is O=c1[nH]nc2ccc(N3CCC(CO)C3)nn12. The zero-order chi connectivity index (χ0) is 11.8. The smallest absolute Gasteiger partial charge is 0.364 e. The summed E-state index contributed by atoms with van der Waals surface area (Å²) < 4.78 is 1.25. The summed E-state index contributed by atoms with van der Waals surface area (Å²) in [6, 6.07) is 3.60. The van der Waals surface area contributed by atoms with Gasteiger partial charge in [-0.1, -0.05) is 0 Å². The lowest BCUT2D eigenvalue weighted by molar-refractivity contribution is 0.238. The number of rotatable bonds is 2. The Balaban J connectivity index is 1.95. The van der Waals surface area contributed by atoms with Crippen LogP contribution in [0.1, 0.15) is 6.42 Å². The number of H-pyrrole nitrogens is 1. The van der Waals surface area contributed by atoms with Crippen molar-refractivity contribution in [2.75, 3.05) is 24.6 Å². The van der Waals surface area contributed by atoms with Crippen molar-refractivity contribution in [3.63, 3.8) is 0 Å². The van der Waals surface area contributed by atoms with E-state index in [1.807, 2.05) is 6.07 Å². The maximum Gasteiger partial charge on any atom is 0.364 e. The Labute approximate surface area is 96.7 Å². The van der Waals surface area contributed by atoms with Crippen LogP contribution < -0.4 is 10.6 Å². The average molecular weight is 235 g/mol. The van der Waals surface area contributed by atoms with Gasteiger partial charge in [0, 0.05) is 25.6 Å². The molecule has 0 bridgehead atoms. The molecular formula is C10H13N5O2. The van der Waals surface area contributed by atoms with Crippen LogP contribution in [0.25, 0.3) is 5.65 Å². The van der Waals surface area contributed by atoms with E-state index < -0.39 is 0 Å². The minimum absolute atomic E-state index is 0.199. The first kappa shape index (κ1) is 10.3. The zero-order valence-electron chi connectivity index (χ0n) is 9.20. The van der Waals surface area contributed by atoms with Gasteiger partial charge >= 0.3 is 5.69 Å². The Morgan fingerprint density at radius 2 is 2.41 bits per heavy atom. The van der Waals surface area contributed by atoms with E-state index >= 15 is 0 Å². The molecule has 1 saturated heterocycles. The van der Waals surface area contributed by atoms with Crippen LogP contribution in [-0.2, 0) is 0 Å². The van der Waals surface area contributed by atoms with Crippen LogP contribution >= 0.6 is 0 Å². The van der Waals surface area contributed by atoms with E-state index in [1.54, 1.807) is 6.07 Å². The molecule has 7 nitrogen and oxygen atoms in total. The van der Waals surface area contributed by atoms with Gasteiger partial charge in [-0.05, 0) is 18.6 Å². The third kappa shape index (κ3) is 1.68. The van der Waals surface area contributed by atoms with Crippen LogP contribution in [0.4, 0.5) is 5.82 Å². The standard InChI is InChI=1S/C10H13N5O2/c16-6-7-3-4-14(5-7)9-2-1-8-11-12-10(17)15(8)13-9/h1-2,7,16H,3-6H2,(H,12,17). The zero-order valence-corrected chi connectivity index (χ0v) is 9.20. The Morgan fingerprint density at radius 1 is 1.53 bits per heavy atom. The molecule has 7 heteroatoms. The predicted octanol–water partition coefficient (Wildman–Crippen LogP) is -0.764. The van der Waals surface area contributed by atoms with Gasteiger partial charge in [0.15, 0.2) is 5.65 Å². The van der Waals surface area contributed by atoms with Gasteiger partial charge in [0.25, 0.3) is 0 Å². The lowest BCUT2D eigenvalue weighted by Gasteiger charge is -2.16. The van der Waals surface area contributed by atoms with Gasteiger partial charge in [-0.25, -0.2) is 9.89 Å². The molecule has 2 aromatic heterocycles. The predicted molar refractivity (Wildman–Crippen MR) is 61.0 cm³/mol. The van der Waals surface area contributed by atoms with E-state index in [4.69, 9.17) is 5.11 Å². The average Bonchev–Trinajstić information content (AvgIpc) is 2.96. The molecule has 2 N–H and O–H groups in total. The molecule has 3 heterocycles. The van der Waals surface area contributed by atoms with Gasteiger partial charge in [0.1, 0.15) is 5.82 Å². The van der Waals surface area contributed by atoms with Crippen LogP contribution in [0.3, 0.4) is 0 Å². The molecule has 1 atom stereocenters. The number of hydrogen-bond donors (Lipinski definition) is 2. The molecule has 0 saturated carbocycles. The lowest BCUT2D eigenvalue weighted by atomic mass is 10.1. The van der Waals surface area contributed by atoms with Crippen LogP contribution in [-0.4, -0.2) is 44.6 Å². The Bertz CT molecular complexity index is 590. The molecule has 2 aromatic rings. The third-order valence-electron chi connectivity index (χ3n) is 3.13. The minimum atomic E-state index is -0.334. The van der Waals surface area contributed by atoms with E-state index in [0.29, 0.717) is 11.6 Å². The fourth-order valence-electron chi connectivity index (χ4n) is 2.15. The fourth-order valence-corrected chi connectivity index (χ4v) is 2.15. The highest BCUT2D eigenvalue weighted by Gasteiger charge is 2.23. The molecule has 0 spiro atoms. The van der Waals surface area contributed by atoms with E-state index in [2.05, 4.69) is 20.2 Å². The number of fused-ring (bicyclic) bond motifs is 1. The van der Waals surface area contributed by atoms with Crippen molar-refractivity contribution in [2.24, 2.45) is 5.92 Å². The molecule has 1 aliphatic rings. The van der Waals surface area contributed by atoms with Gasteiger partial charge < -0.3 is 10.0 Å². The highest BCUT2D eigenvalue weighted by Crippen LogP contribution is 2.21. The summed E-state index contributed by atoms with van der Waals surface area (Å²) in [6.45, 7) is 1.84. The Morgan fingerprint density at radius 3 is 3.18 bits per heavy atom. The van der Waals surface area contributed by atoms with Gasteiger partial charge in [0.2, 0.25) is 0 Å². The first-order valence-electron chi connectivity index (χ1n) is 5.58. The van der Waals surface area contributed by atoms with E-state index in [-0.39, 0.29) is 12.3 Å². The molecule has 1 unspecified atom stereocenters. The van der Waals surface area contributed by atoms with Gasteiger partial charge in [-0.2, -0.15) is 9.61 Å². The van der Waals surface area contributed by atoms with Gasteiger partial charge in [-0.15, -0.1) is 5.10 Å². The fraction of sp³-hybridized carbons (Fsp3) is 0.500. The number of nitrogens with zero attached hydrogens (tertiary/aromatic N) is 4. The van der Waals surface area contributed by atoms with Crippen molar-refractivity contribution in [2.45, 2.75) is 6.42 Å². The van der Waals surface area contributed by atoms with E-state index in [9.17, 15) is 4.79 Å². The topological polar surface area (TPSA) is 86.5 Å². The minimum Gasteiger partial charge on any atom is -0.396 e. The summed E-state index contributed by atoms with van der Waals surface area (Å²) in [5.41, 5.74) is 0.177. The highest BCUT2D eigenvalue weighted by molar-refractivity contribution is 5.45. The summed E-state index contributed by atoms with van der Waals surface area (Å²) >= 11 is 0. The lowest BCUT2D eigenvalue weighted by Crippen LogP contribution is -2.23. The number of aliphatic hydroxyl groups is 1. The van der Waals surface area contributed by atoms with Crippen molar-refractivity contribution in [3.05, 3.63) is 22.6 Å². The third-order valence-corrected chi connectivity index (χ3v) is 3.13. The summed E-state index contributed by atoms with van der Waals surface area (Å²) in [5.74, 6) is 1.05. The maximum absolute atomic E-state index is 11.4. The molecule has 90 valence electrons. The molecule has 0 amide bonds.